The van der Waals surface area contributed by atoms with Crippen molar-refractivity contribution >= 4 is 44.1 Å². The van der Waals surface area contributed by atoms with Crippen LogP contribution in [-0.4, -0.2) is 23.6 Å². The number of anilines is 1. The first-order valence-electron chi connectivity index (χ1n) is 5.97. The van der Waals surface area contributed by atoms with Crippen molar-refractivity contribution < 1.29 is 19.4 Å². The number of carboxylic acid groups (broad SMARTS) is 1. The first kappa shape index (κ1) is 15.5. The maximum Gasteiger partial charge on any atom is 0.345 e. The second-order valence-corrected chi connectivity index (χ2v) is 6.18. The molecular weight excluding hydrogens is 358 g/mol. The lowest BCUT2D eigenvalue weighted by molar-refractivity contribution is -0.118. The predicted molar refractivity (Wildman–Crippen MR) is 84.3 cm³/mol. The molecule has 0 radical (unpaired) electrons. The summed E-state index contributed by atoms with van der Waals surface area (Å²) >= 11 is 4.36. The minimum Gasteiger partial charge on any atom is -0.483 e. The number of aromatic carboxylic acids is 1. The van der Waals surface area contributed by atoms with Crippen molar-refractivity contribution in [2.24, 2.45) is 0 Å². The average molecular weight is 370 g/mol. The molecule has 1 aromatic carbocycles. The number of aryl methyl sites for hydroxylation is 1. The quantitative estimate of drug-likeness (QED) is 0.844. The predicted octanol–water partition coefficient (Wildman–Crippen LogP) is 3.53. The van der Waals surface area contributed by atoms with Crippen LogP contribution in [-0.2, 0) is 4.79 Å². The van der Waals surface area contributed by atoms with Crippen LogP contribution in [0, 0.1) is 6.92 Å². The summed E-state index contributed by atoms with van der Waals surface area (Å²) in [4.78, 5) is 22.7. The van der Waals surface area contributed by atoms with Crippen molar-refractivity contribution in [1.82, 2.24) is 0 Å². The number of halogens is 1. The van der Waals surface area contributed by atoms with Crippen LogP contribution in [0.3, 0.4) is 0 Å². The molecule has 0 bridgehead atoms. The first-order chi connectivity index (χ1) is 9.95. The van der Waals surface area contributed by atoms with Gasteiger partial charge in [0.05, 0.1) is 9.47 Å². The lowest BCUT2D eigenvalue weighted by Crippen LogP contribution is -2.19. The molecule has 21 heavy (non-hydrogen) atoms. The Hall–Kier alpha value is -1.86. The zero-order chi connectivity index (χ0) is 15.4. The minimum atomic E-state index is -1.01. The molecule has 7 heteroatoms. The molecule has 2 N–H and O–H groups in total. The SMILES string of the molecule is Cc1ccc(OCC(=O)Nc2ccc(C(=O)O)s2)c(Br)c1. The van der Waals surface area contributed by atoms with E-state index in [0.717, 1.165) is 21.4 Å². The van der Waals surface area contributed by atoms with E-state index in [-0.39, 0.29) is 17.4 Å². The average Bonchev–Trinajstić information content (AvgIpc) is 2.86. The Morgan fingerprint density at radius 3 is 2.71 bits per heavy atom. The zero-order valence-corrected chi connectivity index (χ0v) is 13.5. The van der Waals surface area contributed by atoms with Crippen LogP contribution in [0.1, 0.15) is 15.2 Å². The third kappa shape index (κ3) is 4.30. The van der Waals surface area contributed by atoms with E-state index in [1.807, 2.05) is 19.1 Å². The Morgan fingerprint density at radius 1 is 1.33 bits per heavy atom. The smallest absolute Gasteiger partial charge is 0.345 e. The molecule has 2 aromatic rings. The summed E-state index contributed by atoms with van der Waals surface area (Å²) in [5, 5.41) is 11.9. The first-order valence-corrected chi connectivity index (χ1v) is 7.58. The molecule has 0 atom stereocenters. The molecule has 0 aliphatic carbocycles. The van der Waals surface area contributed by atoms with Crippen LogP contribution in [0.4, 0.5) is 5.00 Å². The van der Waals surface area contributed by atoms with Crippen molar-refractivity contribution in [1.29, 1.82) is 0 Å². The molecule has 1 heterocycles. The van der Waals surface area contributed by atoms with Crippen molar-refractivity contribution in [3.8, 4) is 5.75 Å². The molecule has 1 aromatic heterocycles. The van der Waals surface area contributed by atoms with Crippen LogP contribution in [0.5, 0.6) is 5.75 Å². The van der Waals surface area contributed by atoms with Gasteiger partial charge in [0.25, 0.3) is 5.91 Å². The zero-order valence-electron chi connectivity index (χ0n) is 11.1. The normalized spacial score (nSPS) is 10.2. The second kappa shape index (κ2) is 6.73. The van der Waals surface area contributed by atoms with E-state index in [2.05, 4.69) is 21.2 Å². The van der Waals surface area contributed by atoms with E-state index in [1.165, 1.54) is 6.07 Å². The molecule has 0 saturated carbocycles. The summed E-state index contributed by atoms with van der Waals surface area (Å²) in [7, 11) is 0. The highest BCUT2D eigenvalue weighted by atomic mass is 79.9. The van der Waals surface area contributed by atoms with Crippen molar-refractivity contribution in [2.45, 2.75) is 6.92 Å². The van der Waals surface area contributed by atoms with Crippen molar-refractivity contribution in [2.75, 3.05) is 11.9 Å². The summed E-state index contributed by atoms with van der Waals surface area (Å²) in [6, 6.07) is 8.55. The fourth-order valence-corrected chi connectivity index (χ4v) is 2.93. The highest BCUT2D eigenvalue weighted by molar-refractivity contribution is 9.10. The molecule has 0 spiro atoms. The number of hydrogen-bond acceptors (Lipinski definition) is 4. The Morgan fingerprint density at radius 2 is 2.10 bits per heavy atom. The number of benzene rings is 1. The summed E-state index contributed by atoms with van der Waals surface area (Å²) in [6.07, 6.45) is 0. The molecule has 5 nitrogen and oxygen atoms in total. The van der Waals surface area contributed by atoms with Crippen molar-refractivity contribution in [3.05, 3.63) is 45.2 Å². The van der Waals surface area contributed by atoms with Crippen LogP contribution < -0.4 is 10.1 Å². The molecule has 0 fully saturated rings. The van der Waals surface area contributed by atoms with Gasteiger partial charge in [0.1, 0.15) is 10.6 Å². The van der Waals surface area contributed by atoms with E-state index in [1.54, 1.807) is 12.1 Å². The number of nitrogens with one attached hydrogen (secondary N) is 1. The molecule has 110 valence electrons. The maximum absolute atomic E-state index is 11.8. The maximum atomic E-state index is 11.8. The Bertz CT molecular complexity index is 683. The van der Waals surface area contributed by atoms with E-state index in [0.29, 0.717) is 10.8 Å². The number of carbonyl (C=O) groups is 2. The molecule has 0 aliphatic heterocycles. The molecule has 0 unspecified atom stereocenters. The topological polar surface area (TPSA) is 75.6 Å². The number of amides is 1. The van der Waals surface area contributed by atoms with E-state index in [4.69, 9.17) is 9.84 Å². The summed E-state index contributed by atoms with van der Waals surface area (Å²) in [6.45, 7) is 1.81. The second-order valence-electron chi connectivity index (χ2n) is 4.24. The van der Waals surface area contributed by atoms with Crippen LogP contribution in [0.2, 0.25) is 0 Å². The van der Waals surface area contributed by atoms with Gasteiger partial charge in [0, 0.05) is 0 Å². The number of carbonyl (C=O) groups excluding carboxylic acids is 1. The van der Waals surface area contributed by atoms with Gasteiger partial charge in [0.15, 0.2) is 6.61 Å². The van der Waals surface area contributed by atoms with Gasteiger partial charge in [-0.1, -0.05) is 6.07 Å². The van der Waals surface area contributed by atoms with E-state index in [9.17, 15) is 9.59 Å². The summed E-state index contributed by atoms with van der Waals surface area (Å²) in [5.41, 5.74) is 1.08. The van der Waals surface area contributed by atoms with Gasteiger partial charge in [-0.25, -0.2) is 4.79 Å². The monoisotopic (exact) mass is 369 g/mol. The standard InChI is InChI=1S/C14H12BrNO4S/c1-8-2-3-10(9(15)6-8)20-7-12(17)16-13-5-4-11(21-13)14(18)19/h2-6H,7H2,1H3,(H,16,17)(H,18,19). The van der Waals surface area contributed by atoms with Gasteiger partial charge >= 0.3 is 5.97 Å². The molecular formula is C14H12BrNO4S. The highest BCUT2D eigenvalue weighted by Crippen LogP contribution is 2.26. The lowest BCUT2D eigenvalue weighted by atomic mass is 10.2. The van der Waals surface area contributed by atoms with E-state index >= 15 is 0 Å². The van der Waals surface area contributed by atoms with Gasteiger partial charge in [-0.3, -0.25) is 4.79 Å². The van der Waals surface area contributed by atoms with Gasteiger partial charge in [-0.15, -0.1) is 11.3 Å². The molecule has 1 amide bonds. The number of carboxylic acids is 1. The van der Waals surface area contributed by atoms with Gasteiger partial charge in [-0.05, 0) is 52.7 Å². The Balaban J connectivity index is 1.91. The van der Waals surface area contributed by atoms with Crippen LogP contribution in [0.25, 0.3) is 0 Å². The highest BCUT2D eigenvalue weighted by Gasteiger charge is 2.10. The Kier molecular flexibility index (Phi) is 4.98. The fourth-order valence-electron chi connectivity index (χ4n) is 1.56. The van der Waals surface area contributed by atoms with Crippen molar-refractivity contribution in [3.63, 3.8) is 0 Å². The molecule has 0 saturated heterocycles. The fraction of sp³-hybridized carbons (Fsp3) is 0.143. The van der Waals surface area contributed by atoms with Crippen LogP contribution >= 0.6 is 27.3 Å². The van der Waals surface area contributed by atoms with Crippen LogP contribution in [0.15, 0.2) is 34.8 Å². The summed E-state index contributed by atoms with van der Waals surface area (Å²) < 4.78 is 6.19. The van der Waals surface area contributed by atoms with Gasteiger partial charge in [0.2, 0.25) is 0 Å². The minimum absolute atomic E-state index is 0.151. The Labute approximate surface area is 133 Å². The van der Waals surface area contributed by atoms with E-state index < -0.39 is 5.97 Å². The summed E-state index contributed by atoms with van der Waals surface area (Å²) in [5.74, 6) is -0.783. The van der Waals surface area contributed by atoms with Gasteiger partial charge in [-0.2, -0.15) is 0 Å². The number of thiophene rings is 1. The third-order valence-electron chi connectivity index (χ3n) is 2.53. The molecule has 0 aliphatic rings. The van der Waals surface area contributed by atoms with Gasteiger partial charge < -0.3 is 15.2 Å². The number of hydrogen-bond donors (Lipinski definition) is 2. The largest absolute Gasteiger partial charge is 0.483 e. The number of rotatable bonds is 5. The third-order valence-corrected chi connectivity index (χ3v) is 4.13. The number of ether oxygens (including phenoxy) is 1. The lowest BCUT2D eigenvalue weighted by Gasteiger charge is -2.08. The molecule has 2 rings (SSSR count).